The molecular formula is C15H17F3N2O. The van der Waals surface area contributed by atoms with Crippen molar-refractivity contribution in [3.8, 4) is 6.07 Å². The van der Waals surface area contributed by atoms with E-state index in [2.05, 4.69) is 0 Å². The van der Waals surface area contributed by atoms with E-state index in [-0.39, 0.29) is 11.6 Å². The van der Waals surface area contributed by atoms with E-state index < -0.39 is 17.3 Å². The molecule has 1 aromatic rings. The number of hydrogen-bond acceptors (Lipinski definition) is 3. The lowest BCUT2D eigenvalue weighted by Crippen LogP contribution is -2.42. The van der Waals surface area contributed by atoms with Crippen molar-refractivity contribution in [3.63, 3.8) is 0 Å². The fourth-order valence-corrected chi connectivity index (χ4v) is 3.02. The third-order valence-electron chi connectivity index (χ3n) is 4.10. The molecule has 0 spiro atoms. The molecular weight excluding hydrogens is 281 g/mol. The Balaban J connectivity index is 2.45. The smallest absolute Gasteiger partial charge is 0.388 e. The summed E-state index contributed by atoms with van der Waals surface area (Å²) >= 11 is 0. The Bertz CT molecular complexity index is 575. The SMILES string of the molecule is CC[C@@H]1N(c2ccc(C#N)c(C(F)(F)F)c2)CC[C@]1(C)O. The predicted octanol–water partition coefficient (Wildman–Crippen LogP) is 3.32. The number of anilines is 1. The minimum Gasteiger partial charge on any atom is -0.388 e. The van der Waals surface area contributed by atoms with Gasteiger partial charge in [-0.3, -0.25) is 0 Å². The Hall–Kier alpha value is -1.74. The molecule has 1 heterocycles. The summed E-state index contributed by atoms with van der Waals surface area (Å²) in [5.74, 6) is 0. The van der Waals surface area contributed by atoms with E-state index in [1.807, 2.05) is 6.92 Å². The highest BCUT2D eigenvalue weighted by molar-refractivity contribution is 5.56. The van der Waals surface area contributed by atoms with E-state index in [0.29, 0.717) is 25.1 Å². The molecule has 0 amide bonds. The summed E-state index contributed by atoms with van der Waals surface area (Å²) in [5, 5.41) is 19.1. The summed E-state index contributed by atoms with van der Waals surface area (Å²) in [4.78, 5) is 1.79. The van der Waals surface area contributed by atoms with E-state index in [4.69, 9.17) is 5.26 Å². The summed E-state index contributed by atoms with van der Waals surface area (Å²) in [6.07, 6.45) is -3.42. The quantitative estimate of drug-likeness (QED) is 0.911. The van der Waals surface area contributed by atoms with Gasteiger partial charge in [-0.2, -0.15) is 18.4 Å². The first-order valence-corrected chi connectivity index (χ1v) is 6.81. The Kier molecular flexibility index (Phi) is 3.89. The van der Waals surface area contributed by atoms with Crippen LogP contribution in [0, 0.1) is 11.3 Å². The molecule has 0 unspecified atom stereocenters. The average molecular weight is 298 g/mol. The van der Waals surface area contributed by atoms with E-state index in [1.165, 1.54) is 12.1 Å². The lowest BCUT2D eigenvalue weighted by atomic mass is 9.95. The van der Waals surface area contributed by atoms with Crippen molar-refractivity contribution in [1.29, 1.82) is 5.26 Å². The van der Waals surface area contributed by atoms with Gasteiger partial charge < -0.3 is 10.0 Å². The first kappa shape index (κ1) is 15.6. The van der Waals surface area contributed by atoms with Crippen LogP contribution in [-0.4, -0.2) is 23.3 Å². The maximum absolute atomic E-state index is 13.0. The van der Waals surface area contributed by atoms with Crippen molar-refractivity contribution in [2.75, 3.05) is 11.4 Å². The molecule has 1 N–H and O–H groups in total. The van der Waals surface area contributed by atoms with E-state index >= 15 is 0 Å². The Morgan fingerprint density at radius 2 is 2.14 bits per heavy atom. The molecule has 6 heteroatoms. The fourth-order valence-electron chi connectivity index (χ4n) is 3.02. The van der Waals surface area contributed by atoms with Gasteiger partial charge in [0.1, 0.15) is 0 Å². The second-order valence-electron chi connectivity index (χ2n) is 5.56. The average Bonchev–Trinajstić information content (AvgIpc) is 2.71. The fraction of sp³-hybridized carbons (Fsp3) is 0.533. The molecule has 1 aliphatic heterocycles. The first-order chi connectivity index (χ1) is 9.70. The van der Waals surface area contributed by atoms with Gasteiger partial charge in [0.2, 0.25) is 0 Å². The second kappa shape index (κ2) is 5.23. The van der Waals surface area contributed by atoms with Crippen LogP contribution in [0.15, 0.2) is 18.2 Å². The van der Waals surface area contributed by atoms with Gasteiger partial charge in [0, 0.05) is 12.2 Å². The molecule has 0 bridgehead atoms. The van der Waals surface area contributed by atoms with Gasteiger partial charge in [-0.15, -0.1) is 0 Å². The van der Waals surface area contributed by atoms with Crippen LogP contribution in [0.25, 0.3) is 0 Å². The minimum atomic E-state index is -4.56. The molecule has 2 rings (SSSR count). The Labute approximate surface area is 121 Å². The second-order valence-corrected chi connectivity index (χ2v) is 5.56. The lowest BCUT2D eigenvalue weighted by Gasteiger charge is -2.32. The molecule has 0 radical (unpaired) electrons. The predicted molar refractivity (Wildman–Crippen MR) is 72.8 cm³/mol. The molecule has 1 fully saturated rings. The van der Waals surface area contributed by atoms with Crippen molar-refractivity contribution >= 4 is 5.69 Å². The van der Waals surface area contributed by atoms with Crippen molar-refractivity contribution in [2.24, 2.45) is 0 Å². The maximum Gasteiger partial charge on any atom is 0.417 e. The maximum atomic E-state index is 13.0. The Morgan fingerprint density at radius 1 is 1.48 bits per heavy atom. The number of halogens is 3. The van der Waals surface area contributed by atoms with Crippen molar-refractivity contribution in [3.05, 3.63) is 29.3 Å². The molecule has 0 aliphatic carbocycles. The number of hydrogen-bond donors (Lipinski definition) is 1. The highest BCUT2D eigenvalue weighted by Gasteiger charge is 2.42. The zero-order valence-corrected chi connectivity index (χ0v) is 11.9. The van der Waals surface area contributed by atoms with Crippen molar-refractivity contribution < 1.29 is 18.3 Å². The van der Waals surface area contributed by atoms with Gasteiger partial charge in [-0.05, 0) is 38.0 Å². The van der Waals surface area contributed by atoms with Crippen LogP contribution in [0.5, 0.6) is 0 Å². The minimum absolute atomic E-state index is 0.230. The number of nitrogens with zero attached hydrogens (tertiary/aromatic N) is 2. The summed E-state index contributed by atoms with van der Waals surface area (Å²) in [6.45, 7) is 4.09. The molecule has 1 aromatic carbocycles. The van der Waals surface area contributed by atoms with Crippen molar-refractivity contribution in [1.82, 2.24) is 0 Å². The van der Waals surface area contributed by atoms with Crippen LogP contribution < -0.4 is 4.90 Å². The summed E-state index contributed by atoms with van der Waals surface area (Å²) in [5.41, 5.74) is -1.83. The number of rotatable bonds is 2. The number of alkyl halides is 3. The summed E-state index contributed by atoms with van der Waals surface area (Å²) in [7, 11) is 0. The van der Waals surface area contributed by atoms with E-state index in [0.717, 1.165) is 6.07 Å². The van der Waals surface area contributed by atoms with Crippen LogP contribution in [0.4, 0.5) is 18.9 Å². The lowest BCUT2D eigenvalue weighted by molar-refractivity contribution is -0.137. The number of aliphatic hydroxyl groups is 1. The van der Waals surface area contributed by atoms with E-state index in [9.17, 15) is 18.3 Å². The van der Waals surface area contributed by atoms with Crippen LogP contribution in [0.3, 0.4) is 0 Å². The highest BCUT2D eigenvalue weighted by atomic mass is 19.4. The number of nitriles is 1. The van der Waals surface area contributed by atoms with Gasteiger partial charge in [0.25, 0.3) is 0 Å². The normalized spacial score (nSPS) is 26.0. The summed E-state index contributed by atoms with van der Waals surface area (Å²) in [6, 6.07) is 5.05. The Morgan fingerprint density at radius 3 is 2.67 bits per heavy atom. The molecule has 1 saturated heterocycles. The van der Waals surface area contributed by atoms with Gasteiger partial charge in [-0.1, -0.05) is 6.92 Å². The largest absolute Gasteiger partial charge is 0.417 e. The zero-order chi connectivity index (χ0) is 15.8. The summed E-state index contributed by atoms with van der Waals surface area (Å²) < 4.78 is 39.0. The standard InChI is InChI=1S/C15H17F3N2O/c1-3-13-14(2,21)6-7-20(13)11-5-4-10(9-19)12(8-11)15(16,17)18/h4-5,8,13,21H,3,6-7H2,1-2H3/t13-,14-/m0/s1. The first-order valence-electron chi connectivity index (χ1n) is 6.81. The van der Waals surface area contributed by atoms with E-state index in [1.54, 1.807) is 17.9 Å². The molecule has 114 valence electrons. The van der Waals surface area contributed by atoms with Gasteiger partial charge in [0.05, 0.1) is 28.8 Å². The molecule has 0 saturated carbocycles. The molecule has 0 aromatic heterocycles. The highest BCUT2D eigenvalue weighted by Crippen LogP contribution is 2.38. The van der Waals surface area contributed by atoms with Crippen LogP contribution in [0.2, 0.25) is 0 Å². The third kappa shape index (κ3) is 2.84. The van der Waals surface area contributed by atoms with Crippen LogP contribution in [-0.2, 0) is 6.18 Å². The van der Waals surface area contributed by atoms with Crippen molar-refractivity contribution in [2.45, 2.75) is 44.5 Å². The molecule has 2 atom stereocenters. The monoisotopic (exact) mass is 298 g/mol. The number of benzene rings is 1. The zero-order valence-electron chi connectivity index (χ0n) is 11.9. The van der Waals surface area contributed by atoms with Gasteiger partial charge >= 0.3 is 6.18 Å². The molecule has 3 nitrogen and oxygen atoms in total. The topological polar surface area (TPSA) is 47.3 Å². The molecule has 21 heavy (non-hydrogen) atoms. The molecule has 1 aliphatic rings. The third-order valence-corrected chi connectivity index (χ3v) is 4.10. The van der Waals surface area contributed by atoms with Crippen LogP contribution in [0.1, 0.15) is 37.8 Å². The van der Waals surface area contributed by atoms with Gasteiger partial charge in [0.15, 0.2) is 0 Å². The van der Waals surface area contributed by atoms with Crippen LogP contribution >= 0.6 is 0 Å². The van der Waals surface area contributed by atoms with Gasteiger partial charge in [-0.25, -0.2) is 0 Å².